The lowest BCUT2D eigenvalue weighted by Gasteiger charge is -2.18. The molecule has 0 unspecified atom stereocenters. The lowest BCUT2D eigenvalue weighted by molar-refractivity contribution is 0.104. The number of allylic oxidation sites excluding steroid dienone is 1. The van der Waals surface area contributed by atoms with Crippen LogP contribution in [0, 0.1) is 5.41 Å². The van der Waals surface area contributed by atoms with E-state index in [0.29, 0.717) is 35.6 Å². The molecular weight excluding hydrogens is 280 g/mol. The van der Waals surface area contributed by atoms with Crippen LogP contribution in [0.1, 0.15) is 31.1 Å². The van der Waals surface area contributed by atoms with Crippen LogP contribution in [0.4, 0.5) is 0 Å². The summed E-state index contributed by atoms with van der Waals surface area (Å²) < 4.78 is 5.80. The molecule has 2 N–H and O–H groups in total. The van der Waals surface area contributed by atoms with E-state index in [1.807, 2.05) is 7.05 Å². The molecule has 2 aromatic heterocycles. The fourth-order valence-electron chi connectivity index (χ4n) is 1.90. The standard InChI is InChI=1S/C16H22N4O2/c1-16(2,3)9-22-15-13-11(12(21)6-5-7-17-4)8-18-14(13)19-10-20-15/h5-6,8,10,17H,7,9H2,1-4H3,(H,18,19,20). The summed E-state index contributed by atoms with van der Waals surface area (Å²) in [6.45, 7) is 7.38. The maximum absolute atomic E-state index is 12.3. The molecule has 2 heterocycles. The summed E-state index contributed by atoms with van der Waals surface area (Å²) in [6, 6.07) is 0. The molecule has 0 amide bonds. The molecule has 0 aliphatic carbocycles. The Labute approximate surface area is 130 Å². The average molecular weight is 302 g/mol. The van der Waals surface area contributed by atoms with Crippen molar-refractivity contribution in [2.45, 2.75) is 20.8 Å². The quantitative estimate of drug-likeness (QED) is 0.632. The van der Waals surface area contributed by atoms with E-state index in [4.69, 9.17) is 4.74 Å². The van der Waals surface area contributed by atoms with Crippen molar-refractivity contribution in [2.24, 2.45) is 5.41 Å². The molecule has 0 bridgehead atoms. The fraction of sp³-hybridized carbons (Fsp3) is 0.438. The molecule has 0 atom stereocenters. The molecule has 0 aromatic carbocycles. The van der Waals surface area contributed by atoms with Gasteiger partial charge >= 0.3 is 0 Å². The van der Waals surface area contributed by atoms with Crippen molar-refractivity contribution in [3.63, 3.8) is 0 Å². The number of likely N-dealkylation sites (N-methyl/N-ethyl adjacent to an activating group) is 1. The van der Waals surface area contributed by atoms with Gasteiger partial charge < -0.3 is 15.0 Å². The molecule has 22 heavy (non-hydrogen) atoms. The van der Waals surface area contributed by atoms with Crippen molar-refractivity contribution < 1.29 is 9.53 Å². The number of carbonyl (C=O) groups is 1. The third-order valence-corrected chi connectivity index (χ3v) is 2.93. The zero-order chi connectivity index (χ0) is 16.2. The number of fused-ring (bicyclic) bond motifs is 1. The smallest absolute Gasteiger partial charge is 0.226 e. The van der Waals surface area contributed by atoms with Crippen LogP contribution in [0.15, 0.2) is 24.7 Å². The molecule has 0 radical (unpaired) electrons. The molecule has 2 aromatic rings. The molecule has 0 saturated heterocycles. The summed E-state index contributed by atoms with van der Waals surface area (Å²) in [5.74, 6) is 0.337. The number of carbonyl (C=O) groups excluding carboxylic acids is 1. The van der Waals surface area contributed by atoms with E-state index in [1.54, 1.807) is 18.3 Å². The number of hydrogen-bond donors (Lipinski definition) is 2. The molecule has 0 fully saturated rings. The largest absolute Gasteiger partial charge is 0.477 e. The number of ether oxygens (including phenoxy) is 1. The second-order valence-corrected chi connectivity index (χ2v) is 6.28. The van der Waals surface area contributed by atoms with Gasteiger partial charge in [-0.1, -0.05) is 26.8 Å². The normalized spacial score (nSPS) is 12.2. The van der Waals surface area contributed by atoms with E-state index in [-0.39, 0.29) is 11.2 Å². The first kappa shape index (κ1) is 16.2. The van der Waals surface area contributed by atoms with Crippen LogP contribution in [-0.4, -0.2) is 40.9 Å². The zero-order valence-electron chi connectivity index (χ0n) is 13.4. The van der Waals surface area contributed by atoms with Crippen LogP contribution in [0.25, 0.3) is 11.0 Å². The van der Waals surface area contributed by atoms with Gasteiger partial charge in [-0.3, -0.25) is 4.79 Å². The first-order chi connectivity index (χ1) is 10.4. The monoisotopic (exact) mass is 302 g/mol. The van der Waals surface area contributed by atoms with E-state index < -0.39 is 0 Å². The van der Waals surface area contributed by atoms with Gasteiger partial charge in [-0.25, -0.2) is 9.97 Å². The Hall–Kier alpha value is -2.21. The highest BCUT2D eigenvalue weighted by molar-refractivity contribution is 6.13. The molecular formula is C16H22N4O2. The fourth-order valence-corrected chi connectivity index (χ4v) is 1.90. The lowest BCUT2D eigenvalue weighted by atomic mass is 9.99. The first-order valence-electron chi connectivity index (χ1n) is 7.23. The van der Waals surface area contributed by atoms with Gasteiger partial charge in [0, 0.05) is 12.7 Å². The van der Waals surface area contributed by atoms with E-state index >= 15 is 0 Å². The number of aromatic nitrogens is 3. The second kappa shape index (κ2) is 6.70. The highest BCUT2D eigenvalue weighted by Crippen LogP contribution is 2.27. The first-order valence-corrected chi connectivity index (χ1v) is 7.23. The van der Waals surface area contributed by atoms with Gasteiger partial charge in [0.05, 0.1) is 17.6 Å². The van der Waals surface area contributed by atoms with E-state index in [1.165, 1.54) is 6.33 Å². The summed E-state index contributed by atoms with van der Waals surface area (Å²) >= 11 is 0. The van der Waals surface area contributed by atoms with Crippen molar-refractivity contribution in [1.82, 2.24) is 20.3 Å². The highest BCUT2D eigenvalue weighted by Gasteiger charge is 2.18. The van der Waals surface area contributed by atoms with Crippen LogP contribution in [-0.2, 0) is 0 Å². The minimum atomic E-state index is -0.100. The van der Waals surface area contributed by atoms with E-state index in [9.17, 15) is 4.79 Å². The van der Waals surface area contributed by atoms with Crippen molar-refractivity contribution in [3.05, 3.63) is 30.2 Å². The predicted molar refractivity (Wildman–Crippen MR) is 86.2 cm³/mol. The van der Waals surface area contributed by atoms with Gasteiger partial charge in [0.25, 0.3) is 0 Å². The maximum atomic E-state index is 12.3. The van der Waals surface area contributed by atoms with Gasteiger partial charge in [0.2, 0.25) is 5.88 Å². The minimum absolute atomic E-state index is 0.00442. The van der Waals surface area contributed by atoms with Crippen molar-refractivity contribution >= 4 is 16.8 Å². The Morgan fingerprint density at radius 1 is 1.41 bits per heavy atom. The number of aromatic amines is 1. The third kappa shape index (κ3) is 3.92. The van der Waals surface area contributed by atoms with Crippen LogP contribution in [0.2, 0.25) is 0 Å². The average Bonchev–Trinajstić information content (AvgIpc) is 2.89. The van der Waals surface area contributed by atoms with Crippen LogP contribution >= 0.6 is 0 Å². The molecule has 6 nitrogen and oxygen atoms in total. The van der Waals surface area contributed by atoms with Crippen molar-refractivity contribution in [1.29, 1.82) is 0 Å². The summed E-state index contributed by atoms with van der Waals surface area (Å²) in [5, 5.41) is 3.59. The van der Waals surface area contributed by atoms with Crippen LogP contribution in [0.5, 0.6) is 5.88 Å². The number of H-pyrrole nitrogens is 1. The zero-order valence-corrected chi connectivity index (χ0v) is 13.4. The minimum Gasteiger partial charge on any atom is -0.477 e. The number of rotatable bonds is 6. The Morgan fingerprint density at radius 3 is 2.86 bits per heavy atom. The summed E-state index contributed by atoms with van der Waals surface area (Å²) in [7, 11) is 1.83. The van der Waals surface area contributed by atoms with Crippen molar-refractivity contribution in [2.75, 3.05) is 20.2 Å². The van der Waals surface area contributed by atoms with Gasteiger partial charge in [-0.15, -0.1) is 0 Å². The molecule has 118 valence electrons. The number of nitrogens with one attached hydrogen (secondary N) is 2. The van der Waals surface area contributed by atoms with Crippen LogP contribution < -0.4 is 10.1 Å². The maximum Gasteiger partial charge on any atom is 0.226 e. The van der Waals surface area contributed by atoms with E-state index in [0.717, 1.165) is 0 Å². The van der Waals surface area contributed by atoms with Gasteiger partial charge in [0.15, 0.2) is 5.78 Å². The van der Waals surface area contributed by atoms with E-state index in [2.05, 4.69) is 41.0 Å². The Kier molecular flexibility index (Phi) is 4.92. The molecule has 0 aliphatic rings. The van der Waals surface area contributed by atoms with Gasteiger partial charge in [0.1, 0.15) is 12.0 Å². The highest BCUT2D eigenvalue weighted by atomic mass is 16.5. The van der Waals surface area contributed by atoms with Gasteiger partial charge in [-0.2, -0.15) is 0 Å². The molecule has 6 heteroatoms. The number of hydrogen-bond acceptors (Lipinski definition) is 5. The second-order valence-electron chi connectivity index (χ2n) is 6.28. The molecule has 0 aliphatic heterocycles. The van der Waals surface area contributed by atoms with Crippen molar-refractivity contribution in [3.8, 4) is 5.88 Å². The molecule has 2 rings (SSSR count). The summed E-state index contributed by atoms with van der Waals surface area (Å²) in [5.41, 5.74) is 1.13. The lowest BCUT2D eigenvalue weighted by Crippen LogP contribution is -2.17. The summed E-state index contributed by atoms with van der Waals surface area (Å²) in [4.78, 5) is 23.6. The Balaban J connectivity index is 2.34. The van der Waals surface area contributed by atoms with Gasteiger partial charge in [-0.05, 0) is 18.5 Å². The SMILES string of the molecule is CNCC=CC(=O)c1c[nH]c2ncnc(OCC(C)(C)C)c12. The number of nitrogens with zero attached hydrogens (tertiary/aromatic N) is 2. The molecule has 0 saturated carbocycles. The van der Waals surface area contributed by atoms with Crippen LogP contribution in [0.3, 0.4) is 0 Å². The third-order valence-electron chi connectivity index (χ3n) is 2.93. The Morgan fingerprint density at radius 2 is 2.18 bits per heavy atom. The molecule has 0 spiro atoms. The topological polar surface area (TPSA) is 79.9 Å². The Bertz CT molecular complexity index is 683. The number of ketones is 1. The summed E-state index contributed by atoms with van der Waals surface area (Å²) in [6.07, 6.45) is 6.40. The predicted octanol–water partition coefficient (Wildman–Crippen LogP) is 2.34.